The van der Waals surface area contributed by atoms with Crippen molar-refractivity contribution in [3.63, 3.8) is 0 Å². The third-order valence-electron chi connectivity index (χ3n) is 1.90. The van der Waals surface area contributed by atoms with Crippen LogP contribution in [0.4, 0.5) is 0 Å². The Labute approximate surface area is 70.2 Å². The Morgan fingerprint density at radius 1 is 1.27 bits per heavy atom. The van der Waals surface area contributed by atoms with E-state index >= 15 is 0 Å². The molecule has 0 spiro atoms. The van der Waals surface area contributed by atoms with E-state index in [9.17, 15) is 0 Å². The minimum atomic E-state index is 1.04. The van der Waals surface area contributed by atoms with E-state index in [1.54, 1.807) is 11.3 Å². The van der Waals surface area contributed by atoms with E-state index in [4.69, 9.17) is 5.21 Å². The fraction of sp³-hybridized carbons (Fsp3) is 0.375. The molecule has 0 aliphatic heterocycles. The largest absolute Gasteiger partial charge is 0.411 e. The molecule has 2 nitrogen and oxygen atoms in total. The van der Waals surface area contributed by atoms with Crippen LogP contribution in [0.3, 0.4) is 0 Å². The van der Waals surface area contributed by atoms with Gasteiger partial charge < -0.3 is 5.21 Å². The Balaban J connectivity index is 3.18. The number of hydrogen-bond acceptors (Lipinski definition) is 3. The third kappa shape index (κ3) is 1.43. The van der Waals surface area contributed by atoms with E-state index < -0.39 is 0 Å². The van der Waals surface area contributed by atoms with Crippen LogP contribution in [0.25, 0.3) is 0 Å². The molecule has 0 unspecified atom stereocenters. The normalized spacial score (nSPS) is 11.2. The highest BCUT2D eigenvalue weighted by Crippen LogP contribution is 2.24. The lowest BCUT2D eigenvalue weighted by Gasteiger charge is -1.89. The first-order valence-corrected chi connectivity index (χ1v) is 4.22. The van der Waals surface area contributed by atoms with Crippen LogP contribution >= 0.6 is 11.3 Å². The third-order valence-corrected chi connectivity index (χ3v) is 3.14. The molecule has 0 aromatic carbocycles. The summed E-state index contributed by atoms with van der Waals surface area (Å²) in [6.07, 6.45) is 1.49. The maximum Gasteiger partial charge on any atom is 0.0836 e. The van der Waals surface area contributed by atoms with Gasteiger partial charge in [-0.3, -0.25) is 0 Å². The lowest BCUT2D eigenvalue weighted by atomic mass is 10.1. The van der Waals surface area contributed by atoms with Crippen LogP contribution in [-0.4, -0.2) is 11.4 Å². The van der Waals surface area contributed by atoms with E-state index in [2.05, 4.69) is 19.0 Å². The van der Waals surface area contributed by atoms with Gasteiger partial charge in [0.05, 0.1) is 11.1 Å². The molecule has 1 aromatic rings. The molecule has 0 aliphatic carbocycles. The number of aryl methyl sites for hydroxylation is 1. The lowest BCUT2D eigenvalue weighted by molar-refractivity contribution is 0.322. The number of nitrogens with zero attached hydrogens (tertiary/aromatic N) is 1. The van der Waals surface area contributed by atoms with E-state index in [1.165, 1.54) is 22.2 Å². The predicted molar refractivity (Wildman–Crippen MR) is 47.9 cm³/mol. The molecular formula is C8H11NOS. The Bertz CT molecular complexity index is 289. The van der Waals surface area contributed by atoms with Crippen molar-refractivity contribution in [3.8, 4) is 0 Å². The van der Waals surface area contributed by atoms with Crippen molar-refractivity contribution in [2.24, 2.45) is 5.16 Å². The monoisotopic (exact) mass is 169 g/mol. The average molecular weight is 169 g/mol. The summed E-state index contributed by atoms with van der Waals surface area (Å²) < 4.78 is 0. The molecule has 0 bridgehead atoms. The van der Waals surface area contributed by atoms with Crippen LogP contribution in [0.15, 0.2) is 5.16 Å². The zero-order chi connectivity index (χ0) is 8.43. The lowest BCUT2D eigenvalue weighted by Crippen LogP contribution is -1.79. The van der Waals surface area contributed by atoms with Gasteiger partial charge >= 0.3 is 0 Å². The fourth-order valence-corrected chi connectivity index (χ4v) is 1.98. The number of hydrogen-bond donors (Lipinski definition) is 1. The van der Waals surface area contributed by atoms with Gasteiger partial charge in [-0.2, -0.15) is 0 Å². The highest BCUT2D eigenvalue weighted by molar-refractivity contribution is 7.14. The van der Waals surface area contributed by atoms with Crippen LogP contribution in [0, 0.1) is 20.8 Å². The molecule has 0 fully saturated rings. The van der Waals surface area contributed by atoms with Gasteiger partial charge in [-0.1, -0.05) is 5.16 Å². The van der Waals surface area contributed by atoms with Gasteiger partial charge in [-0.05, 0) is 31.9 Å². The Morgan fingerprint density at radius 3 is 2.27 bits per heavy atom. The highest BCUT2D eigenvalue weighted by Gasteiger charge is 2.05. The van der Waals surface area contributed by atoms with E-state index in [0.717, 1.165) is 4.88 Å². The summed E-state index contributed by atoms with van der Waals surface area (Å²) in [5.74, 6) is 0. The number of rotatable bonds is 1. The first-order chi connectivity index (χ1) is 5.16. The van der Waals surface area contributed by atoms with Crippen molar-refractivity contribution in [3.05, 3.63) is 20.9 Å². The van der Waals surface area contributed by atoms with E-state index in [1.807, 2.05) is 6.92 Å². The summed E-state index contributed by atoms with van der Waals surface area (Å²) in [6.45, 7) is 6.19. The Hall–Kier alpha value is -0.830. The zero-order valence-corrected chi connectivity index (χ0v) is 7.70. The Kier molecular flexibility index (Phi) is 2.29. The average Bonchev–Trinajstić information content (AvgIpc) is 2.19. The molecule has 1 aromatic heterocycles. The molecular weight excluding hydrogens is 158 g/mol. The standard InChI is InChI=1S/C8H11NOS/c1-5-6(2)8(4-9-10)11-7(5)3/h4,10H,1-3H3/b9-4-. The van der Waals surface area contributed by atoms with Gasteiger partial charge in [0.25, 0.3) is 0 Å². The summed E-state index contributed by atoms with van der Waals surface area (Å²) in [4.78, 5) is 2.33. The number of thiophene rings is 1. The van der Waals surface area contributed by atoms with E-state index in [-0.39, 0.29) is 0 Å². The Morgan fingerprint density at radius 2 is 1.91 bits per heavy atom. The maximum absolute atomic E-state index is 8.32. The van der Waals surface area contributed by atoms with Crippen LogP contribution in [0.1, 0.15) is 20.9 Å². The predicted octanol–water partition coefficient (Wildman–Crippen LogP) is 2.48. The first kappa shape index (κ1) is 8.27. The second-order valence-corrected chi connectivity index (χ2v) is 3.77. The van der Waals surface area contributed by atoms with Crippen LogP contribution in [0.2, 0.25) is 0 Å². The molecule has 0 amide bonds. The van der Waals surface area contributed by atoms with Gasteiger partial charge in [0.1, 0.15) is 0 Å². The molecule has 1 heterocycles. The second kappa shape index (κ2) is 3.05. The highest BCUT2D eigenvalue weighted by atomic mass is 32.1. The van der Waals surface area contributed by atoms with Gasteiger partial charge in [-0.15, -0.1) is 11.3 Å². The van der Waals surface area contributed by atoms with E-state index in [0.29, 0.717) is 0 Å². The van der Waals surface area contributed by atoms with Gasteiger partial charge in [0.15, 0.2) is 0 Å². The molecule has 0 radical (unpaired) electrons. The molecule has 1 N–H and O–H groups in total. The number of oxime groups is 1. The zero-order valence-electron chi connectivity index (χ0n) is 6.88. The minimum absolute atomic E-state index is 1.04. The SMILES string of the molecule is Cc1sc(/C=N\O)c(C)c1C. The van der Waals surface area contributed by atoms with Crippen LogP contribution in [0.5, 0.6) is 0 Å². The van der Waals surface area contributed by atoms with Gasteiger partial charge in [0.2, 0.25) is 0 Å². The summed E-state index contributed by atoms with van der Waals surface area (Å²) in [7, 11) is 0. The molecule has 1 rings (SSSR count). The summed E-state index contributed by atoms with van der Waals surface area (Å²) in [5.41, 5.74) is 2.51. The van der Waals surface area contributed by atoms with Crippen molar-refractivity contribution in [2.75, 3.05) is 0 Å². The summed E-state index contributed by atoms with van der Waals surface area (Å²) in [5, 5.41) is 11.3. The van der Waals surface area contributed by atoms with Crippen molar-refractivity contribution < 1.29 is 5.21 Å². The van der Waals surface area contributed by atoms with Crippen molar-refractivity contribution in [1.82, 2.24) is 0 Å². The van der Waals surface area contributed by atoms with Crippen molar-refractivity contribution in [1.29, 1.82) is 0 Å². The smallest absolute Gasteiger partial charge is 0.0836 e. The van der Waals surface area contributed by atoms with Crippen molar-refractivity contribution in [2.45, 2.75) is 20.8 Å². The van der Waals surface area contributed by atoms with Gasteiger partial charge in [0, 0.05) is 4.88 Å². The molecule has 0 atom stereocenters. The fourth-order valence-electron chi connectivity index (χ4n) is 0.942. The molecule has 60 valence electrons. The minimum Gasteiger partial charge on any atom is -0.411 e. The molecule has 3 heteroatoms. The second-order valence-electron chi connectivity index (χ2n) is 2.52. The molecule has 0 saturated carbocycles. The first-order valence-electron chi connectivity index (χ1n) is 3.41. The molecule has 11 heavy (non-hydrogen) atoms. The van der Waals surface area contributed by atoms with Crippen molar-refractivity contribution >= 4 is 17.6 Å². The summed E-state index contributed by atoms with van der Waals surface area (Å²) in [6, 6.07) is 0. The molecule has 0 aliphatic rings. The molecule has 0 saturated heterocycles. The van der Waals surface area contributed by atoms with Gasteiger partial charge in [-0.25, -0.2) is 0 Å². The van der Waals surface area contributed by atoms with Crippen LogP contribution in [-0.2, 0) is 0 Å². The quantitative estimate of drug-likeness (QED) is 0.391. The topological polar surface area (TPSA) is 32.6 Å². The maximum atomic E-state index is 8.32. The van der Waals surface area contributed by atoms with Crippen LogP contribution < -0.4 is 0 Å². The summed E-state index contributed by atoms with van der Waals surface area (Å²) >= 11 is 1.66.